The van der Waals surface area contributed by atoms with Gasteiger partial charge in [0.05, 0.1) is 0 Å². The molecule has 0 amide bonds. The molecule has 0 spiro atoms. The number of aryl methyl sites for hydroxylation is 3. The van der Waals surface area contributed by atoms with Crippen LogP contribution < -0.4 is 5.32 Å². The molecule has 1 aromatic heterocycles. The Morgan fingerprint density at radius 3 is 2.45 bits per heavy atom. The lowest BCUT2D eigenvalue weighted by molar-refractivity contribution is 0.0983. The van der Waals surface area contributed by atoms with E-state index in [1.165, 1.54) is 16.8 Å². The van der Waals surface area contributed by atoms with E-state index in [0.29, 0.717) is 12.1 Å². The number of para-hydroxylation sites is 1. The number of nitrogens with one attached hydrogen (secondary N) is 1. The van der Waals surface area contributed by atoms with Crippen LogP contribution >= 0.6 is 0 Å². The van der Waals surface area contributed by atoms with Gasteiger partial charge in [0.15, 0.2) is 5.78 Å². The molecule has 2 rings (SSSR count). The van der Waals surface area contributed by atoms with Crippen molar-refractivity contribution in [2.45, 2.75) is 40.0 Å². The van der Waals surface area contributed by atoms with Crippen molar-refractivity contribution in [2.75, 3.05) is 11.9 Å². The zero-order valence-corrected chi connectivity index (χ0v) is 13.6. The molecule has 0 saturated heterocycles. The van der Waals surface area contributed by atoms with Crippen LogP contribution in [0, 0.1) is 13.8 Å². The van der Waals surface area contributed by atoms with Crippen molar-refractivity contribution in [3.8, 4) is 0 Å². The van der Waals surface area contributed by atoms with Crippen LogP contribution in [-0.4, -0.2) is 17.3 Å². The van der Waals surface area contributed by atoms with Gasteiger partial charge in [-0.25, -0.2) is 4.98 Å². The van der Waals surface area contributed by atoms with Gasteiger partial charge < -0.3 is 5.32 Å². The van der Waals surface area contributed by atoms with Crippen LogP contribution in [0.2, 0.25) is 0 Å². The third-order valence-corrected chi connectivity index (χ3v) is 3.81. The number of benzene rings is 1. The molecule has 0 saturated carbocycles. The summed E-state index contributed by atoms with van der Waals surface area (Å²) in [4.78, 5) is 16.1. The lowest BCUT2D eigenvalue weighted by atomic mass is 10.1. The monoisotopic (exact) mass is 296 g/mol. The average molecular weight is 296 g/mol. The molecule has 3 heteroatoms. The second kappa shape index (κ2) is 7.74. The highest BCUT2D eigenvalue weighted by Crippen LogP contribution is 2.19. The van der Waals surface area contributed by atoms with Gasteiger partial charge in [-0.15, -0.1) is 0 Å². The van der Waals surface area contributed by atoms with Crippen LogP contribution in [0.1, 0.15) is 47.1 Å². The first-order chi connectivity index (χ1) is 10.6. The van der Waals surface area contributed by atoms with Crippen LogP contribution in [0.5, 0.6) is 0 Å². The summed E-state index contributed by atoms with van der Waals surface area (Å²) in [5.74, 6) is 0.107. The van der Waals surface area contributed by atoms with Gasteiger partial charge in [-0.05, 0) is 49.9 Å². The fourth-order valence-corrected chi connectivity index (χ4v) is 2.53. The first-order valence-electron chi connectivity index (χ1n) is 7.91. The molecule has 116 valence electrons. The summed E-state index contributed by atoms with van der Waals surface area (Å²) in [5, 5.41) is 3.51. The van der Waals surface area contributed by atoms with Gasteiger partial charge in [0, 0.05) is 24.3 Å². The molecule has 0 unspecified atom stereocenters. The highest BCUT2D eigenvalue weighted by Gasteiger charge is 2.05. The van der Waals surface area contributed by atoms with Crippen molar-refractivity contribution in [2.24, 2.45) is 0 Å². The van der Waals surface area contributed by atoms with Crippen LogP contribution in [0.3, 0.4) is 0 Å². The molecular weight excluding hydrogens is 272 g/mol. The predicted octanol–water partition coefficient (Wildman–Crippen LogP) is 4.34. The Labute approximate surface area is 132 Å². The van der Waals surface area contributed by atoms with Crippen LogP contribution in [0.25, 0.3) is 0 Å². The molecule has 0 aliphatic carbocycles. The third-order valence-electron chi connectivity index (χ3n) is 3.81. The van der Waals surface area contributed by atoms with Gasteiger partial charge in [-0.1, -0.05) is 31.2 Å². The third kappa shape index (κ3) is 4.17. The van der Waals surface area contributed by atoms with E-state index < -0.39 is 0 Å². The summed E-state index contributed by atoms with van der Waals surface area (Å²) in [7, 11) is 0. The van der Waals surface area contributed by atoms with Crippen LogP contribution in [0.4, 0.5) is 5.69 Å². The zero-order chi connectivity index (χ0) is 15.9. The molecule has 1 heterocycles. The highest BCUT2D eigenvalue weighted by molar-refractivity contribution is 5.93. The van der Waals surface area contributed by atoms with Gasteiger partial charge in [0.2, 0.25) is 0 Å². The number of hydrogen-bond acceptors (Lipinski definition) is 3. The number of rotatable bonds is 7. The highest BCUT2D eigenvalue weighted by atomic mass is 16.1. The topological polar surface area (TPSA) is 42.0 Å². The molecular formula is C19H24N2O. The zero-order valence-electron chi connectivity index (χ0n) is 13.6. The van der Waals surface area contributed by atoms with Gasteiger partial charge in [0.25, 0.3) is 0 Å². The van der Waals surface area contributed by atoms with E-state index in [1.807, 2.05) is 19.1 Å². The number of aromatic nitrogens is 1. The Morgan fingerprint density at radius 1 is 1.09 bits per heavy atom. The minimum absolute atomic E-state index is 0.107. The van der Waals surface area contributed by atoms with E-state index in [9.17, 15) is 4.79 Å². The molecule has 3 nitrogen and oxygen atoms in total. The van der Waals surface area contributed by atoms with E-state index in [4.69, 9.17) is 0 Å². The molecule has 22 heavy (non-hydrogen) atoms. The largest absolute Gasteiger partial charge is 0.385 e. The second-order valence-electron chi connectivity index (χ2n) is 5.59. The molecule has 0 bridgehead atoms. The lowest BCUT2D eigenvalue weighted by Gasteiger charge is -2.12. The summed E-state index contributed by atoms with van der Waals surface area (Å²) in [6, 6.07) is 12.0. The Kier molecular flexibility index (Phi) is 5.70. The summed E-state index contributed by atoms with van der Waals surface area (Å²) in [5.41, 5.74) is 5.35. The van der Waals surface area contributed by atoms with E-state index in [-0.39, 0.29) is 5.78 Å². The molecule has 0 fully saturated rings. The molecule has 1 aromatic carbocycles. The number of pyridine rings is 1. The van der Waals surface area contributed by atoms with E-state index in [1.54, 1.807) is 6.07 Å². The number of anilines is 1. The first kappa shape index (κ1) is 16.2. The van der Waals surface area contributed by atoms with E-state index in [0.717, 1.165) is 25.1 Å². The van der Waals surface area contributed by atoms with Crippen molar-refractivity contribution in [1.29, 1.82) is 0 Å². The summed E-state index contributed by atoms with van der Waals surface area (Å²) in [6.45, 7) is 7.01. The fraction of sp³-hybridized carbons (Fsp3) is 0.368. The van der Waals surface area contributed by atoms with Crippen molar-refractivity contribution in [1.82, 2.24) is 4.98 Å². The number of carbonyl (C=O) groups excluding carboxylic acids is 1. The number of Topliss-reactive ketones (excluding diaryl/α,β-unsaturated/α-hetero) is 1. The van der Waals surface area contributed by atoms with Gasteiger partial charge in [0.1, 0.15) is 5.69 Å². The number of carbonyl (C=O) groups is 1. The number of ketones is 1. The van der Waals surface area contributed by atoms with Crippen molar-refractivity contribution >= 4 is 11.5 Å². The van der Waals surface area contributed by atoms with Crippen molar-refractivity contribution in [3.05, 3.63) is 58.9 Å². The van der Waals surface area contributed by atoms with Crippen LogP contribution in [0.15, 0.2) is 36.4 Å². The molecule has 1 N–H and O–H groups in total. The van der Waals surface area contributed by atoms with Gasteiger partial charge in [-0.3, -0.25) is 4.79 Å². The fourth-order valence-electron chi connectivity index (χ4n) is 2.53. The Hall–Kier alpha value is -2.16. The first-order valence-corrected chi connectivity index (χ1v) is 7.91. The summed E-state index contributed by atoms with van der Waals surface area (Å²) in [6.07, 6.45) is 2.37. The Morgan fingerprint density at radius 2 is 1.77 bits per heavy atom. The number of hydrogen-bond donors (Lipinski definition) is 1. The lowest BCUT2D eigenvalue weighted by Crippen LogP contribution is -2.07. The SMILES string of the molecule is CCC(=O)c1cccc(CCCNc2c(C)cccc2C)n1. The van der Waals surface area contributed by atoms with Crippen molar-refractivity contribution in [3.63, 3.8) is 0 Å². The molecule has 2 aromatic rings. The summed E-state index contributed by atoms with van der Waals surface area (Å²) >= 11 is 0. The number of nitrogens with zero attached hydrogens (tertiary/aromatic N) is 1. The smallest absolute Gasteiger partial charge is 0.180 e. The summed E-state index contributed by atoms with van der Waals surface area (Å²) < 4.78 is 0. The second-order valence-corrected chi connectivity index (χ2v) is 5.59. The maximum absolute atomic E-state index is 11.7. The van der Waals surface area contributed by atoms with Crippen LogP contribution in [-0.2, 0) is 6.42 Å². The molecule has 0 atom stereocenters. The van der Waals surface area contributed by atoms with Gasteiger partial charge in [-0.2, -0.15) is 0 Å². The van der Waals surface area contributed by atoms with Gasteiger partial charge >= 0.3 is 0 Å². The molecule has 0 aliphatic rings. The Balaban J connectivity index is 1.88. The molecule has 0 radical (unpaired) electrons. The predicted molar refractivity (Wildman–Crippen MR) is 91.6 cm³/mol. The van der Waals surface area contributed by atoms with E-state index >= 15 is 0 Å². The van der Waals surface area contributed by atoms with Crippen molar-refractivity contribution < 1.29 is 4.79 Å². The van der Waals surface area contributed by atoms with E-state index in [2.05, 4.69) is 42.3 Å². The standard InChI is InChI=1S/C19H24N2O/c1-4-18(22)17-12-6-10-16(21-17)11-7-13-20-19-14(2)8-5-9-15(19)3/h5-6,8-10,12,20H,4,7,11,13H2,1-3H3. The normalized spacial score (nSPS) is 10.5. The minimum atomic E-state index is 0.107. The maximum atomic E-state index is 11.7. The average Bonchev–Trinajstić information content (AvgIpc) is 2.53. The maximum Gasteiger partial charge on any atom is 0.180 e. The molecule has 0 aliphatic heterocycles. The quantitative estimate of drug-likeness (QED) is 0.610. The Bertz CT molecular complexity index is 629. The minimum Gasteiger partial charge on any atom is -0.385 e.